The normalized spacial score (nSPS) is 14.8. The van der Waals surface area contributed by atoms with E-state index in [1.807, 2.05) is 34.7 Å². The van der Waals surface area contributed by atoms with Crippen LogP contribution < -0.4 is 11.1 Å². The fourth-order valence-corrected chi connectivity index (χ4v) is 1.21. The minimum atomic E-state index is 1.06. The Kier molecular flexibility index (Phi) is 12.9. The minimum Gasteiger partial charge on any atom is -0.401 e. The number of hydrogen-bond donors (Lipinski definition) is 2. The van der Waals surface area contributed by atoms with E-state index in [9.17, 15) is 0 Å². The minimum absolute atomic E-state index is 1.06. The van der Waals surface area contributed by atoms with Crippen LogP contribution >= 0.6 is 0 Å². The Balaban J connectivity index is 0. The van der Waals surface area contributed by atoms with E-state index in [4.69, 9.17) is 5.73 Å². The highest BCUT2D eigenvalue weighted by Gasteiger charge is 2.06. The maximum atomic E-state index is 5.71. The molecule has 1 aliphatic carbocycles. The van der Waals surface area contributed by atoms with Crippen LogP contribution in [0.15, 0.2) is 11.4 Å². The fraction of sp³-hybridized carbons (Fsp3) is 0.818. The van der Waals surface area contributed by atoms with Crippen molar-refractivity contribution in [2.75, 3.05) is 7.05 Å². The Bertz CT molecular complexity index is 128. The number of nitrogens with one attached hydrogen (secondary N) is 1. The molecule has 1 rings (SSSR count). The number of rotatable bonds is 1. The molecule has 0 radical (unpaired) electrons. The lowest BCUT2D eigenvalue weighted by Gasteiger charge is -2.16. The molecule has 0 aliphatic heterocycles. The summed E-state index contributed by atoms with van der Waals surface area (Å²) >= 11 is 0. The smallest absolute Gasteiger partial charge is 0.0294 e. The summed E-state index contributed by atoms with van der Waals surface area (Å²) in [7, 11) is 1.94. The molecule has 0 fully saturated rings. The molecule has 0 atom stereocenters. The third-order valence-electron chi connectivity index (χ3n) is 1.81. The summed E-state index contributed by atoms with van der Waals surface area (Å²) in [6.45, 7) is 8.00. The zero-order chi connectivity index (χ0) is 10.7. The van der Waals surface area contributed by atoms with E-state index in [0.29, 0.717) is 0 Å². The summed E-state index contributed by atoms with van der Waals surface area (Å²) in [5.41, 5.74) is 8.02. The second-order valence-electron chi connectivity index (χ2n) is 2.46. The number of nitrogens with two attached hydrogens (primary N) is 1. The van der Waals surface area contributed by atoms with Gasteiger partial charge in [-0.1, -0.05) is 27.7 Å². The van der Waals surface area contributed by atoms with Crippen molar-refractivity contribution in [1.29, 1.82) is 0 Å². The molecule has 0 heterocycles. The van der Waals surface area contributed by atoms with Crippen LogP contribution in [0, 0.1) is 0 Å². The standard InChI is InChI=1S/C7H14N2.2C2H6/c1-9-7-5-3-2-4-6(7)8;2*1-2/h9H,2-5,8H2,1H3;2*1-2H3. The quantitative estimate of drug-likeness (QED) is 0.660. The molecule has 2 heteroatoms. The molecule has 2 nitrogen and oxygen atoms in total. The first-order valence-corrected chi connectivity index (χ1v) is 5.50. The van der Waals surface area contributed by atoms with Crippen molar-refractivity contribution in [3.05, 3.63) is 11.4 Å². The second-order valence-corrected chi connectivity index (χ2v) is 2.46. The molecule has 0 aromatic heterocycles. The van der Waals surface area contributed by atoms with Gasteiger partial charge in [-0.25, -0.2) is 0 Å². The predicted octanol–water partition coefficient (Wildman–Crippen LogP) is 3.00. The lowest BCUT2D eigenvalue weighted by molar-refractivity contribution is 0.634. The molecule has 0 amide bonds. The molecule has 0 saturated carbocycles. The van der Waals surface area contributed by atoms with Gasteiger partial charge in [-0.15, -0.1) is 0 Å². The average molecular weight is 186 g/mol. The van der Waals surface area contributed by atoms with Crippen molar-refractivity contribution >= 4 is 0 Å². The summed E-state index contributed by atoms with van der Waals surface area (Å²) in [5, 5.41) is 3.11. The Morgan fingerprint density at radius 3 is 1.77 bits per heavy atom. The van der Waals surface area contributed by atoms with Crippen molar-refractivity contribution in [3.8, 4) is 0 Å². The van der Waals surface area contributed by atoms with Gasteiger partial charge in [0.2, 0.25) is 0 Å². The second kappa shape index (κ2) is 11.3. The average Bonchev–Trinajstić information content (AvgIpc) is 2.24. The molecule has 13 heavy (non-hydrogen) atoms. The molecule has 0 aromatic carbocycles. The van der Waals surface area contributed by atoms with E-state index in [0.717, 1.165) is 18.5 Å². The number of hydrogen-bond acceptors (Lipinski definition) is 2. The maximum Gasteiger partial charge on any atom is 0.0294 e. The molecular formula is C11H26N2. The van der Waals surface area contributed by atoms with E-state index in [1.165, 1.54) is 18.5 Å². The van der Waals surface area contributed by atoms with Gasteiger partial charge in [0.15, 0.2) is 0 Å². The van der Waals surface area contributed by atoms with Crippen molar-refractivity contribution in [1.82, 2.24) is 5.32 Å². The third kappa shape index (κ3) is 6.50. The van der Waals surface area contributed by atoms with Gasteiger partial charge in [-0.05, 0) is 25.7 Å². The molecular weight excluding hydrogens is 160 g/mol. The lowest BCUT2D eigenvalue weighted by Crippen LogP contribution is -2.17. The first-order valence-electron chi connectivity index (χ1n) is 5.50. The molecule has 0 saturated heterocycles. The highest BCUT2D eigenvalue weighted by Crippen LogP contribution is 2.18. The largest absolute Gasteiger partial charge is 0.401 e. The number of allylic oxidation sites excluding steroid dienone is 2. The summed E-state index contributed by atoms with van der Waals surface area (Å²) in [6.07, 6.45) is 4.77. The third-order valence-corrected chi connectivity index (χ3v) is 1.81. The Morgan fingerprint density at radius 1 is 1.00 bits per heavy atom. The maximum absolute atomic E-state index is 5.71. The topological polar surface area (TPSA) is 38.0 Å². The predicted molar refractivity (Wildman–Crippen MR) is 61.4 cm³/mol. The molecule has 0 bridgehead atoms. The first-order chi connectivity index (χ1) is 6.34. The highest BCUT2D eigenvalue weighted by molar-refractivity contribution is 5.11. The molecule has 0 spiro atoms. The van der Waals surface area contributed by atoms with Gasteiger partial charge >= 0.3 is 0 Å². The molecule has 80 valence electrons. The van der Waals surface area contributed by atoms with Gasteiger partial charge in [-0.3, -0.25) is 0 Å². The van der Waals surface area contributed by atoms with Crippen molar-refractivity contribution in [3.63, 3.8) is 0 Å². The van der Waals surface area contributed by atoms with Crippen molar-refractivity contribution in [2.45, 2.75) is 53.4 Å². The fourth-order valence-electron chi connectivity index (χ4n) is 1.21. The SMILES string of the molecule is CC.CC.CNC1=C(N)CCCC1. The molecule has 0 unspecified atom stereocenters. The van der Waals surface area contributed by atoms with Crippen LogP contribution in [0.5, 0.6) is 0 Å². The van der Waals surface area contributed by atoms with E-state index in [-0.39, 0.29) is 0 Å². The van der Waals surface area contributed by atoms with Gasteiger partial charge in [0, 0.05) is 18.4 Å². The summed E-state index contributed by atoms with van der Waals surface area (Å²) < 4.78 is 0. The lowest BCUT2D eigenvalue weighted by atomic mass is 10.0. The van der Waals surface area contributed by atoms with Crippen molar-refractivity contribution in [2.24, 2.45) is 5.73 Å². The van der Waals surface area contributed by atoms with Crippen LogP contribution in [-0.4, -0.2) is 7.05 Å². The van der Waals surface area contributed by atoms with Gasteiger partial charge < -0.3 is 11.1 Å². The van der Waals surface area contributed by atoms with Crippen LogP contribution in [0.3, 0.4) is 0 Å². The first kappa shape index (κ1) is 14.8. The van der Waals surface area contributed by atoms with E-state index in [1.54, 1.807) is 0 Å². The van der Waals surface area contributed by atoms with Crippen LogP contribution in [0.25, 0.3) is 0 Å². The summed E-state index contributed by atoms with van der Waals surface area (Å²) in [6, 6.07) is 0. The zero-order valence-corrected chi connectivity index (χ0v) is 9.91. The molecule has 3 N–H and O–H groups in total. The monoisotopic (exact) mass is 186 g/mol. The van der Waals surface area contributed by atoms with Crippen LogP contribution in [0.2, 0.25) is 0 Å². The molecule has 1 aliphatic rings. The van der Waals surface area contributed by atoms with Crippen LogP contribution in [0.4, 0.5) is 0 Å². The Morgan fingerprint density at radius 2 is 1.46 bits per heavy atom. The van der Waals surface area contributed by atoms with Crippen molar-refractivity contribution < 1.29 is 0 Å². The van der Waals surface area contributed by atoms with E-state index < -0.39 is 0 Å². The van der Waals surface area contributed by atoms with Crippen LogP contribution in [-0.2, 0) is 0 Å². The summed E-state index contributed by atoms with van der Waals surface area (Å²) in [5.74, 6) is 0. The molecule has 0 aromatic rings. The van der Waals surface area contributed by atoms with Gasteiger partial charge in [-0.2, -0.15) is 0 Å². The Hall–Kier alpha value is -0.660. The Labute approximate surface area is 83.6 Å². The van der Waals surface area contributed by atoms with Gasteiger partial charge in [0.25, 0.3) is 0 Å². The van der Waals surface area contributed by atoms with Gasteiger partial charge in [0.05, 0.1) is 0 Å². The zero-order valence-electron chi connectivity index (χ0n) is 9.91. The van der Waals surface area contributed by atoms with E-state index >= 15 is 0 Å². The summed E-state index contributed by atoms with van der Waals surface area (Å²) in [4.78, 5) is 0. The van der Waals surface area contributed by atoms with Gasteiger partial charge in [0.1, 0.15) is 0 Å². The van der Waals surface area contributed by atoms with Crippen LogP contribution in [0.1, 0.15) is 53.4 Å². The highest BCUT2D eigenvalue weighted by atomic mass is 14.9. The van der Waals surface area contributed by atoms with E-state index in [2.05, 4.69) is 5.32 Å².